The Balaban J connectivity index is 1.99. The van der Waals surface area contributed by atoms with E-state index in [9.17, 15) is 9.18 Å². The van der Waals surface area contributed by atoms with Crippen molar-refractivity contribution in [2.45, 2.75) is 19.5 Å². The average molecular weight is 376 g/mol. The second-order valence-corrected chi connectivity index (χ2v) is 6.18. The van der Waals surface area contributed by atoms with Crippen LogP contribution in [0.3, 0.4) is 0 Å². The van der Waals surface area contributed by atoms with Gasteiger partial charge in [-0.1, -0.05) is 53.0 Å². The smallest absolute Gasteiger partial charge is 0.241 e. The summed E-state index contributed by atoms with van der Waals surface area (Å²) in [5.74, 6) is -0.663. The van der Waals surface area contributed by atoms with Crippen molar-refractivity contribution >= 4 is 46.4 Å². The average Bonchev–Trinajstić information content (AvgIpc) is 2.49. The van der Waals surface area contributed by atoms with E-state index in [1.54, 1.807) is 25.1 Å². The summed E-state index contributed by atoms with van der Waals surface area (Å²) in [6.07, 6.45) is 0. The van der Waals surface area contributed by atoms with Crippen molar-refractivity contribution in [2.75, 3.05) is 5.32 Å². The molecule has 0 aromatic heterocycles. The molecule has 0 bridgehead atoms. The minimum atomic E-state index is -0.572. The Hall–Kier alpha value is -1.33. The molecule has 0 aliphatic carbocycles. The predicted molar refractivity (Wildman–Crippen MR) is 92.8 cm³/mol. The molecule has 0 heterocycles. The lowest BCUT2D eigenvalue weighted by Gasteiger charge is -2.16. The van der Waals surface area contributed by atoms with Crippen molar-refractivity contribution in [3.63, 3.8) is 0 Å². The SMILES string of the molecule is CC(NCc1ccccc1F)C(=O)Nc1c(Cl)cc(Cl)cc1Cl. The highest BCUT2D eigenvalue weighted by Gasteiger charge is 2.16. The van der Waals surface area contributed by atoms with Gasteiger partial charge in [0.2, 0.25) is 5.91 Å². The van der Waals surface area contributed by atoms with E-state index in [2.05, 4.69) is 10.6 Å². The van der Waals surface area contributed by atoms with E-state index in [1.165, 1.54) is 18.2 Å². The van der Waals surface area contributed by atoms with Gasteiger partial charge in [0, 0.05) is 17.1 Å². The number of hydrogen-bond donors (Lipinski definition) is 2. The highest BCUT2D eigenvalue weighted by Crippen LogP contribution is 2.33. The predicted octanol–water partition coefficient (Wildman–Crippen LogP) is 4.90. The van der Waals surface area contributed by atoms with Gasteiger partial charge in [-0.25, -0.2) is 4.39 Å². The minimum Gasteiger partial charge on any atom is -0.322 e. The van der Waals surface area contributed by atoms with Crippen LogP contribution in [0.25, 0.3) is 0 Å². The van der Waals surface area contributed by atoms with E-state index in [0.717, 1.165) is 0 Å². The molecule has 1 atom stereocenters. The summed E-state index contributed by atoms with van der Waals surface area (Å²) in [5.41, 5.74) is 0.775. The standard InChI is InChI=1S/C16H14Cl3FN2O/c1-9(21-8-10-4-2-3-5-14(10)20)16(23)22-15-12(18)6-11(17)7-13(15)19/h2-7,9,21H,8H2,1H3,(H,22,23). The summed E-state index contributed by atoms with van der Waals surface area (Å²) in [6, 6.07) is 8.77. The normalized spacial score (nSPS) is 12.0. The molecule has 0 spiro atoms. The molecule has 3 nitrogen and oxygen atoms in total. The van der Waals surface area contributed by atoms with E-state index in [1.807, 2.05) is 0 Å². The lowest BCUT2D eigenvalue weighted by molar-refractivity contribution is -0.117. The van der Waals surface area contributed by atoms with Gasteiger partial charge in [-0.3, -0.25) is 4.79 Å². The number of carbonyl (C=O) groups excluding carboxylic acids is 1. The molecular formula is C16H14Cl3FN2O. The van der Waals surface area contributed by atoms with Crippen LogP contribution in [0.5, 0.6) is 0 Å². The van der Waals surface area contributed by atoms with Crippen LogP contribution in [0.4, 0.5) is 10.1 Å². The van der Waals surface area contributed by atoms with Crippen molar-refractivity contribution in [1.82, 2.24) is 5.32 Å². The van der Waals surface area contributed by atoms with Gasteiger partial charge in [-0.05, 0) is 25.1 Å². The van der Waals surface area contributed by atoms with Gasteiger partial charge < -0.3 is 10.6 Å². The van der Waals surface area contributed by atoms with Crippen molar-refractivity contribution in [3.8, 4) is 0 Å². The van der Waals surface area contributed by atoms with E-state index >= 15 is 0 Å². The molecule has 23 heavy (non-hydrogen) atoms. The van der Waals surface area contributed by atoms with Gasteiger partial charge in [0.05, 0.1) is 21.8 Å². The van der Waals surface area contributed by atoms with Crippen LogP contribution in [0.1, 0.15) is 12.5 Å². The summed E-state index contributed by atoms with van der Waals surface area (Å²) in [6.45, 7) is 1.89. The number of halogens is 4. The molecule has 2 aromatic rings. The Bertz CT molecular complexity index is 701. The zero-order valence-electron chi connectivity index (χ0n) is 12.2. The van der Waals surface area contributed by atoms with Crippen LogP contribution in [0, 0.1) is 5.82 Å². The Morgan fingerprint density at radius 3 is 2.39 bits per heavy atom. The molecule has 2 aromatic carbocycles. The summed E-state index contributed by atoms with van der Waals surface area (Å²) in [5, 5.41) is 6.46. The Morgan fingerprint density at radius 1 is 1.17 bits per heavy atom. The van der Waals surface area contributed by atoms with Crippen LogP contribution < -0.4 is 10.6 Å². The first kappa shape index (κ1) is 18.0. The second kappa shape index (κ2) is 7.97. The van der Waals surface area contributed by atoms with Crippen LogP contribution in [-0.4, -0.2) is 11.9 Å². The molecular weight excluding hydrogens is 362 g/mol. The number of rotatable bonds is 5. The number of nitrogens with one attached hydrogen (secondary N) is 2. The first-order valence-electron chi connectivity index (χ1n) is 6.80. The van der Waals surface area contributed by atoms with Crippen LogP contribution in [0.15, 0.2) is 36.4 Å². The topological polar surface area (TPSA) is 41.1 Å². The molecule has 122 valence electrons. The molecule has 0 fully saturated rings. The maximum absolute atomic E-state index is 13.5. The lowest BCUT2D eigenvalue weighted by Crippen LogP contribution is -2.37. The van der Waals surface area contributed by atoms with Crippen molar-refractivity contribution in [2.24, 2.45) is 0 Å². The zero-order valence-corrected chi connectivity index (χ0v) is 14.4. The van der Waals surface area contributed by atoms with E-state index in [-0.39, 0.29) is 28.3 Å². The Morgan fingerprint density at radius 2 is 1.78 bits per heavy atom. The van der Waals surface area contributed by atoms with Gasteiger partial charge in [0.1, 0.15) is 5.82 Å². The fourth-order valence-electron chi connectivity index (χ4n) is 1.89. The molecule has 7 heteroatoms. The van der Waals surface area contributed by atoms with E-state index in [0.29, 0.717) is 16.3 Å². The summed E-state index contributed by atoms with van der Waals surface area (Å²) in [7, 11) is 0. The third kappa shape index (κ3) is 4.82. The fraction of sp³-hybridized carbons (Fsp3) is 0.188. The highest BCUT2D eigenvalue weighted by molar-refractivity contribution is 6.42. The summed E-state index contributed by atoms with van der Waals surface area (Å²) in [4.78, 5) is 12.2. The maximum Gasteiger partial charge on any atom is 0.241 e. The molecule has 1 amide bonds. The molecule has 0 aliphatic rings. The minimum absolute atomic E-state index is 0.226. The quantitative estimate of drug-likeness (QED) is 0.780. The van der Waals surface area contributed by atoms with Crippen LogP contribution >= 0.6 is 34.8 Å². The van der Waals surface area contributed by atoms with Crippen LogP contribution in [-0.2, 0) is 11.3 Å². The molecule has 0 saturated carbocycles. The van der Waals surface area contributed by atoms with Gasteiger partial charge in [-0.2, -0.15) is 0 Å². The van der Waals surface area contributed by atoms with Crippen molar-refractivity contribution in [1.29, 1.82) is 0 Å². The molecule has 2 N–H and O–H groups in total. The highest BCUT2D eigenvalue weighted by atomic mass is 35.5. The molecule has 1 unspecified atom stereocenters. The summed E-state index contributed by atoms with van der Waals surface area (Å²) < 4.78 is 13.5. The lowest BCUT2D eigenvalue weighted by atomic mass is 10.2. The van der Waals surface area contributed by atoms with Gasteiger partial charge in [0.25, 0.3) is 0 Å². The number of benzene rings is 2. The molecule has 0 aliphatic heterocycles. The van der Waals surface area contributed by atoms with E-state index < -0.39 is 6.04 Å². The van der Waals surface area contributed by atoms with Gasteiger partial charge >= 0.3 is 0 Å². The Labute approximate surface area is 148 Å². The molecule has 0 saturated heterocycles. The number of carbonyl (C=O) groups is 1. The zero-order chi connectivity index (χ0) is 17.0. The third-order valence-corrected chi connectivity index (χ3v) is 4.02. The first-order chi connectivity index (χ1) is 10.9. The largest absolute Gasteiger partial charge is 0.322 e. The van der Waals surface area contributed by atoms with Gasteiger partial charge in [0.15, 0.2) is 0 Å². The fourth-order valence-corrected chi connectivity index (χ4v) is 2.80. The summed E-state index contributed by atoms with van der Waals surface area (Å²) >= 11 is 17.9. The number of hydrogen-bond acceptors (Lipinski definition) is 2. The Kier molecular flexibility index (Phi) is 6.25. The second-order valence-electron chi connectivity index (χ2n) is 4.93. The van der Waals surface area contributed by atoms with Crippen molar-refractivity contribution < 1.29 is 9.18 Å². The molecule has 2 rings (SSSR count). The van der Waals surface area contributed by atoms with Gasteiger partial charge in [-0.15, -0.1) is 0 Å². The third-order valence-electron chi connectivity index (χ3n) is 3.20. The monoisotopic (exact) mass is 374 g/mol. The first-order valence-corrected chi connectivity index (χ1v) is 7.94. The van der Waals surface area contributed by atoms with E-state index in [4.69, 9.17) is 34.8 Å². The number of anilines is 1. The number of amides is 1. The van der Waals surface area contributed by atoms with Crippen molar-refractivity contribution in [3.05, 3.63) is 62.8 Å². The molecule has 0 radical (unpaired) electrons. The van der Waals surface area contributed by atoms with Crippen LogP contribution in [0.2, 0.25) is 15.1 Å². The maximum atomic E-state index is 13.5.